The number of carbonyl (C=O) groups excluding carboxylic acids is 1. The van der Waals surface area contributed by atoms with Crippen molar-refractivity contribution in [1.82, 2.24) is 5.32 Å². The van der Waals surface area contributed by atoms with E-state index in [4.69, 9.17) is 4.74 Å². The van der Waals surface area contributed by atoms with Crippen molar-refractivity contribution >= 4 is 12.1 Å². The molecule has 1 aromatic rings. The van der Waals surface area contributed by atoms with Crippen LogP contribution in [0.4, 0.5) is 4.79 Å². The van der Waals surface area contributed by atoms with Crippen molar-refractivity contribution in [2.24, 2.45) is 11.8 Å². The third-order valence-electron chi connectivity index (χ3n) is 4.77. The third kappa shape index (κ3) is 2.60. The molecule has 0 spiro atoms. The highest BCUT2D eigenvalue weighted by Gasteiger charge is 2.57. The number of benzene rings is 1. The van der Waals surface area contributed by atoms with E-state index in [9.17, 15) is 14.7 Å². The molecule has 0 unspecified atom stereocenters. The zero-order chi connectivity index (χ0) is 14.9. The molecule has 2 aliphatic rings. The quantitative estimate of drug-likeness (QED) is 0.893. The molecule has 2 fully saturated rings. The Morgan fingerprint density at radius 2 is 2.05 bits per heavy atom. The average Bonchev–Trinajstić information content (AvgIpc) is 3.07. The van der Waals surface area contributed by atoms with Gasteiger partial charge in [0.2, 0.25) is 0 Å². The Bertz CT molecular complexity index is 544. The molecule has 2 aliphatic carbocycles. The molecule has 3 atom stereocenters. The minimum Gasteiger partial charge on any atom is -0.479 e. The maximum absolute atomic E-state index is 12.0. The highest BCUT2D eigenvalue weighted by molar-refractivity contribution is 5.85. The molecule has 5 nitrogen and oxygen atoms in total. The van der Waals surface area contributed by atoms with Crippen LogP contribution in [0.2, 0.25) is 0 Å². The predicted molar refractivity (Wildman–Crippen MR) is 75.6 cm³/mol. The number of hydrogen-bond donors (Lipinski definition) is 2. The molecule has 0 radical (unpaired) electrons. The summed E-state index contributed by atoms with van der Waals surface area (Å²) >= 11 is 0. The van der Waals surface area contributed by atoms with Crippen molar-refractivity contribution < 1.29 is 19.4 Å². The number of aliphatic carboxylic acids is 1. The molecule has 1 aromatic carbocycles. The van der Waals surface area contributed by atoms with Crippen molar-refractivity contribution in [3.05, 3.63) is 35.9 Å². The van der Waals surface area contributed by atoms with E-state index in [0.29, 0.717) is 12.3 Å². The highest BCUT2D eigenvalue weighted by Crippen LogP contribution is 2.50. The number of carboxylic acids is 1. The molecule has 0 saturated heterocycles. The molecule has 3 rings (SSSR count). The summed E-state index contributed by atoms with van der Waals surface area (Å²) in [5.74, 6) is -0.490. The largest absolute Gasteiger partial charge is 0.479 e. The second-order valence-electron chi connectivity index (χ2n) is 6.04. The van der Waals surface area contributed by atoms with Gasteiger partial charge in [0.15, 0.2) is 0 Å². The van der Waals surface area contributed by atoms with Crippen LogP contribution in [0.5, 0.6) is 0 Å². The number of hydrogen-bond acceptors (Lipinski definition) is 3. The predicted octanol–water partition coefficient (Wildman–Crippen LogP) is 2.56. The first-order chi connectivity index (χ1) is 10.1. The Morgan fingerprint density at radius 3 is 2.62 bits per heavy atom. The summed E-state index contributed by atoms with van der Waals surface area (Å²) < 4.78 is 5.16. The van der Waals surface area contributed by atoms with Gasteiger partial charge in [-0.25, -0.2) is 9.59 Å². The molecule has 112 valence electrons. The van der Waals surface area contributed by atoms with Gasteiger partial charge in [-0.1, -0.05) is 30.3 Å². The molecular formula is C16H19NO4. The van der Waals surface area contributed by atoms with E-state index in [1.165, 1.54) is 0 Å². The van der Waals surface area contributed by atoms with Crippen LogP contribution >= 0.6 is 0 Å². The van der Waals surface area contributed by atoms with E-state index in [-0.39, 0.29) is 12.5 Å². The minimum atomic E-state index is -1.13. The number of alkyl carbamates (subject to hydrolysis) is 1. The first-order valence-corrected chi connectivity index (χ1v) is 7.32. The molecule has 2 bridgehead atoms. The fourth-order valence-corrected chi connectivity index (χ4v) is 3.74. The summed E-state index contributed by atoms with van der Waals surface area (Å²) in [6, 6.07) is 9.34. The first kappa shape index (κ1) is 13.9. The Morgan fingerprint density at radius 1 is 1.29 bits per heavy atom. The van der Waals surface area contributed by atoms with Crippen LogP contribution in [0.1, 0.15) is 31.2 Å². The molecule has 0 aromatic heterocycles. The van der Waals surface area contributed by atoms with Crippen LogP contribution < -0.4 is 5.32 Å². The summed E-state index contributed by atoms with van der Waals surface area (Å²) in [5.41, 5.74) is -0.249. The van der Waals surface area contributed by atoms with Gasteiger partial charge >= 0.3 is 12.1 Å². The van der Waals surface area contributed by atoms with E-state index < -0.39 is 17.6 Å². The molecular weight excluding hydrogens is 270 g/mol. The van der Waals surface area contributed by atoms with Gasteiger partial charge in [-0.15, -0.1) is 0 Å². The fraction of sp³-hybridized carbons (Fsp3) is 0.500. The number of rotatable bonds is 4. The van der Waals surface area contributed by atoms with E-state index in [1.54, 1.807) is 0 Å². The molecule has 1 amide bonds. The Labute approximate surface area is 123 Å². The number of fused-ring (bicyclic) bond motifs is 2. The zero-order valence-corrected chi connectivity index (χ0v) is 11.7. The normalized spacial score (nSPS) is 30.1. The fourth-order valence-electron chi connectivity index (χ4n) is 3.74. The van der Waals surface area contributed by atoms with Gasteiger partial charge in [0, 0.05) is 0 Å². The molecule has 2 N–H and O–H groups in total. The van der Waals surface area contributed by atoms with Crippen LogP contribution in [-0.2, 0) is 16.1 Å². The lowest BCUT2D eigenvalue weighted by atomic mass is 9.81. The van der Waals surface area contributed by atoms with Crippen LogP contribution in [0, 0.1) is 11.8 Å². The Kier molecular flexibility index (Phi) is 3.57. The average molecular weight is 289 g/mol. The molecule has 5 heteroatoms. The number of nitrogens with one attached hydrogen (secondary N) is 1. The number of amides is 1. The summed E-state index contributed by atoms with van der Waals surface area (Å²) in [5, 5.41) is 12.2. The van der Waals surface area contributed by atoms with Gasteiger partial charge in [0.1, 0.15) is 12.1 Å². The van der Waals surface area contributed by atoms with Crippen molar-refractivity contribution in [2.45, 2.75) is 37.8 Å². The van der Waals surface area contributed by atoms with Gasteiger partial charge < -0.3 is 15.2 Å². The second-order valence-corrected chi connectivity index (χ2v) is 6.04. The SMILES string of the molecule is O=C(N[C@@]1(C(=O)O)C[C@@H]2CC[C@H]1C2)OCc1ccccc1. The Hall–Kier alpha value is -2.04. The van der Waals surface area contributed by atoms with Crippen LogP contribution in [-0.4, -0.2) is 22.7 Å². The monoisotopic (exact) mass is 289 g/mol. The van der Waals surface area contributed by atoms with Crippen LogP contribution in [0.3, 0.4) is 0 Å². The summed E-state index contributed by atoms with van der Waals surface area (Å²) in [6.45, 7) is 0.149. The lowest BCUT2D eigenvalue weighted by Gasteiger charge is -2.33. The molecule has 0 heterocycles. The van der Waals surface area contributed by atoms with E-state index in [1.807, 2.05) is 30.3 Å². The third-order valence-corrected chi connectivity index (χ3v) is 4.77. The Balaban J connectivity index is 1.62. The minimum absolute atomic E-state index is 0.0317. The van der Waals surface area contributed by atoms with Gasteiger partial charge in [-0.2, -0.15) is 0 Å². The van der Waals surface area contributed by atoms with E-state index >= 15 is 0 Å². The van der Waals surface area contributed by atoms with E-state index in [2.05, 4.69) is 5.32 Å². The lowest BCUT2D eigenvalue weighted by molar-refractivity contribution is -0.147. The lowest BCUT2D eigenvalue weighted by Crippen LogP contribution is -2.58. The molecule has 2 saturated carbocycles. The zero-order valence-electron chi connectivity index (χ0n) is 11.7. The summed E-state index contributed by atoms with van der Waals surface area (Å²) in [6.07, 6.45) is 2.71. The van der Waals surface area contributed by atoms with Gasteiger partial charge in [0.05, 0.1) is 0 Å². The maximum atomic E-state index is 12.0. The van der Waals surface area contributed by atoms with E-state index in [0.717, 1.165) is 24.8 Å². The van der Waals surface area contributed by atoms with Gasteiger partial charge in [0.25, 0.3) is 0 Å². The maximum Gasteiger partial charge on any atom is 0.408 e. The van der Waals surface area contributed by atoms with Crippen molar-refractivity contribution in [3.8, 4) is 0 Å². The van der Waals surface area contributed by atoms with Gasteiger partial charge in [-0.05, 0) is 43.1 Å². The van der Waals surface area contributed by atoms with Crippen LogP contribution in [0.15, 0.2) is 30.3 Å². The first-order valence-electron chi connectivity index (χ1n) is 7.32. The van der Waals surface area contributed by atoms with Crippen molar-refractivity contribution in [1.29, 1.82) is 0 Å². The smallest absolute Gasteiger partial charge is 0.408 e. The van der Waals surface area contributed by atoms with Gasteiger partial charge in [-0.3, -0.25) is 0 Å². The number of carboxylic acid groups (broad SMARTS) is 1. The number of ether oxygens (including phenoxy) is 1. The number of carbonyl (C=O) groups is 2. The van der Waals surface area contributed by atoms with Crippen molar-refractivity contribution in [2.75, 3.05) is 0 Å². The standard InChI is InChI=1S/C16H19NO4/c18-14(19)16(9-12-6-7-13(16)8-12)17-15(20)21-10-11-4-2-1-3-5-11/h1-5,12-13H,6-10H2,(H,17,20)(H,18,19)/t12-,13+,16+/m1/s1. The highest BCUT2D eigenvalue weighted by atomic mass is 16.5. The molecule has 0 aliphatic heterocycles. The second kappa shape index (κ2) is 5.39. The molecule has 21 heavy (non-hydrogen) atoms. The topological polar surface area (TPSA) is 75.6 Å². The summed E-state index contributed by atoms with van der Waals surface area (Å²) in [4.78, 5) is 23.6. The summed E-state index contributed by atoms with van der Waals surface area (Å²) in [7, 11) is 0. The van der Waals surface area contributed by atoms with Crippen molar-refractivity contribution in [3.63, 3.8) is 0 Å². The van der Waals surface area contributed by atoms with Crippen LogP contribution in [0.25, 0.3) is 0 Å².